The summed E-state index contributed by atoms with van der Waals surface area (Å²) in [5, 5.41) is 2.62. The van der Waals surface area contributed by atoms with Crippen LogP contribution in [-0.2, 0) is 47.7 Å². The van der Waals surface area contributed by atoms with Gasteiger partial charge in [0.1, 0.15) is 14.0 Å². The summed E-state index contributed by atoms with van der Waals surface area (Å²) in [5.41, 5.74) is 1.02. The van der Waals surface area contributed by atoms with Crippen LogP contribution in [0.4, 0.5) is 0 Å². The van der Waals surface area contributed by atoms with E-state index >= 15 is 0 Å². The van der Waals surface area contributed by atoms with Gasteiger partial charge in [0.05, 0.1) is 5.69 Å². The number of hydrogen-bond acceptors (Lipinski definition) is 11. The Balaban J connectivity index is 2.31. The standard InChI is InChI=1S/C23H27BN2O10/c1-11(9-16-7-6-8-18(24)26-16)22(31)25-10-17-19(32-12(2)27)20(33-13(3)28)21(34-14(4)29)23(36-17)35-15(5)30/h6-9,17,19-21,23H,10H2,1-5H3,(H,25,31)/b11-9+/t17-,19+,20+,21-,23+/m1/s1. The Morgan fingerprint density at radius 1 is 0.889 bits per heavy atom. The van der Waals surface area contributed by atoms with E-state index in [1.165, 1.54) is 6.08 Å². The fraction of sp³-hybridized carbons (Fsp3) is 0.478. The number of hydrogen-bond donors (Lipinski definition) is 1. The molecule has 2 heterocycles. The summed E-state index contributed by atoms with van der Waals surface area (Å²) in [6.45, 7) is 5.70. The lowest BCUT2D eigenvalue weighted by Gasteiger charge is -2.43. The van der Waals surface area contributed by atoms with Crippen LogP contribution < -0.4 is 10.9 Å². The van der Waals surface area contributed by atoms with Crippen LogP contribution in [-0.4, -0.2) is 79.9 Å². The van der Waals surface area contributed by atoms with Crippen molar-refractivity contribution in [1.29, 1.82) is 0 Å². The molecule has 1 fully saturated rings. The van der Waals surface area contributed by atoms with Crippen LogP contribution in [0.25, 0.3) is 6.08 Å². The van der Waals surface area contributed by atoms with Crippen molar-refractivity contribution in [2.45, 2.75) is 65.3 Å². The number of carbonyl (C=O) groups is 5. The van der Waals surface area contributed by atoms with Gasteiger partial charge >= 0.3 is 23.9 Å². The fourth-order valence-corrected chi connectivity index (χ4v) is 3.45. The van der Waals surface area contributed by atoms with Crippen molar-refractivity contribution in [3.05, 3.63) is 29.5 Å². The van der Waals surface area contributed by atoms with Crippen molar-refractivity contribution in [2.75, 3.05) is 6.54 Å². The van der Waals surface area contributed by atoms with Crippen LogP contribution in [0, 0.1) is 0 Å². The van der Waals surface area contributed by atoms with Crippen molar-refractivity contribution in [3.63, 3.8) is 0 Å². The lowest BCUT2D eigenvalue weighted by atomic mass is 9.97. The van der Waals surface area contributed by atoms with Gasteiger partial charge in [-0.2, -0.15) is 0 Å². The molecular weight excluding hydrogens is 475 g/mol. The maximum Gasteiger partial charge on any atom is 0.305 e. The number of ether oxygens (including phenoxy) is 5. The van der Waals surface area contributed by atoms with E-state index in [1.54, 1.807) is 25.1 Å². The average Bonchev–Trinajstić information content (AvgIpc) is 2.75. The van der Waals surface area contributed by atoms with Crippen molar-refractivity contribution < 1.29 is 47.7 Å². The minimum atomic E-state index is -1.52. The second-order valence-electron chi connectivity index (χ2n) is 7.90. The number of amides is 1. The zero-order valence-corrected chi connectivity index (χ0v) is 20.5. The molecule has 5 atom stereocenters. The number of esters is 4. The molecule has 36 heavy (non-hydrogen) atoms. The molecule has 0 aromatic carbocycles. The van der Waals surface area contributed by atoms with Gasteiger partial charge in [0.15, 0.2) is 12.2 Å². The summed E-state index contributed by atoms with van der Waals surface area (Å²) in [6.07, 6.45) is -5.32. The molecule has 0 unspecified atom stereocenters. The summed E-state index contributed by atoms with van der Waals surface area (Å²) < 4.78 is 26.7. The van der Waals surface area contributed by atoms with E-state index in [4.69, 9.17) is 31.5 Å². The van der Waals surface area contributed by atoms with Gasteiger partial charge < -0.3 is 29.0 Å². The highest BCUT2D eigenvalue weighted by atomic mass is 16.7. The van der Waals surface area contributed by atoms with Crippen molar-refractivity contribution in [2.24, 2.45) is 0 Å². The van der Waals surface area contributed by atoms with Gasteiger partial charge in [0.2, 0.25) is 18.3 Å². The summed E-state index contributed by atoms with van der Waals surface area (Å²) in [6, 6.07) is 4.95. The zero-order chi connectivity index (χ0) is 27.0. The average molecular weight is 502 g/mol. The minimum absolute atomic E-state index is 0.255. The topological polar surface area (TPSA) is 156 Å². The molecule has 1 aliphatic rings. The lowest BCUT2D eigenvalue weighted by Crippen LogP contribution is -2.64. The SMILES string of the molecule is [B]c1cccc(/C=C(\C)C(=O)NC[C@H]2O[C@H](OC(C)=O)[C@H](OC(C)=O)[C@@H](OC(C)=O)[C@H]2OC(C)=O)n1. The first-order chi connectivity index (χ1) is 16.9. The normalized spacial score (nSPS) is 23.7. The highest BCUT2D eigenvalue weighted by molar-refractivity contribution is 6.30. The Kier molecular flexibility index (Phi) is 10.1. The Hall–Kier alpha value is -3.74. The van der Waals surface area contributed by atoms with Gasteiger partial charge in [0.25, 0.3) is 0 Å². The highest BCUT2D eigenvalue weighted by Gasteiger charge is 2.53. The molecular formula is C23H27BN2O10. The van der Waals surface area contributed by atoms with Crippen LogP contribution in [0.1, 0.15) is 40.3 Å². The second-order valence-corrected chi connectivity index (χ2v) is 7.90. The molecule has 1 saturated heterocycles. The molecule has 0 saturated carbocycles. The van der Waals surface area contributed by atoms with Crippen LogP contribution in [0.5, 0.6) is 0 Å². The van der Waals surface area contributed by atoms with E-state index in [1.807, 2.05) is 0 Å². The number of pyridine rings is 1. The fourth-order valence-electron chi connectivity index (χ4n) is 3.45. The molecule has 1 aromatic rings. The first-order valence-corrected chi connectivity index (χ1v) is 10.9. The summed E-state index contributed by atoms with van der Waals surface area (Å²) in [5.74, 6) is -3.62. The lowest BCUT2D eigenvalue weighted by molar-refractivity contribution is -0.294. The van der Waals surface area contributed by atoms with Crippen molar-refractivity contribution in [3.8, 4) is 0 Å². The highest BCUT2D eigenvalue weighted by Crippen LogP contribution is 2.29. The van der Waals surface area contributed by atoms with Gasteiger partial charge in [-0.25, -0.2) is 0 Å². The molecule has 0 aliphatic carbocycles. The Labute approximate surface area is 209 Å². The van der Waals surface area contributed by atoms with E-state index < -0.39 is 60.5 Å². The molecule has 0 bridgehead atoms. The summed E-state index contributed by atoms with van der Waals surface area (Å²) in [4.78, 5) is 63.8. The number of nitrogens with one attached hydrogen (secondary N) is 1. The largest absolute Gasteiger partial charge is 0.456 e. The second kappa shape index (κ2) is 12.8. The molecule has 12 nitrogen and oxygen atoms in total. The Morgan fingerprint density at radius 3 is 2.00 bits per heavy atom. The van der Waals surface area contributed by atoms with Gasteiger partial charge in [-0.3, -0.25) is 29.0 Å². The quantitative estimate of drug-likeness (QED) is 0.211. The van der Waals surface area contributed by atoms with E-state index in [0.29, 0.717) is 5.69 Å². The number of nitrogens with zero attached hydrogens (tertiary/aromatic N) is 1. The number of rotatable bonds is 8. The monoisotopic (exact) mass is 502 g/mol. The van der Waals surface area contributed by atoms with Gasteiger partial charge in [-0.15, -0.1) is 0 Å². The van der Waals surface area contributed by atoms with E-state index in [0.717, 1.165) is 27.7 Å². The predicted octanol–water partition coefficient (Wildman–Crippen LogP) is -0.522. The first kappa shape index (κ1) is 28.5. The van der Waals surface area contributed by atoms with Crippen LogP contribution in [0.15, 0.2) is 23.8 Å². The van der Waals surface area contributed by atoms with Crippen molar-refractivity contribution >= 4 is 49.3 Å². The molecule has 1 N–H and O–H groups in total. The van der Waals surface area contributed by atoms with Crippen LogP contribution in [0.2, 0.25) is 0 Å². The minimum Gasteiger partial charge on any atom is -0.456 e. The Bertz CT molecular complexity index is 1040. The van der Waals surface area contributed by atoms with E-state index in [2.05, 4.69) is 10.3 Å². The molecule has 1 amide bonds. The van der Waals surface area contributed by atoms with Crippen molar-refractivity contribution in [1.82, 2.24) is 10.3 Å². The molecule has 2 radical (unpaired) electrons. The zero-order valence-electron chi connectivity index (χ0n) is 20.5. The van der Waals surface area contributed by atoms with E-state index in [9.17, 15) is 24.0 Å². The van der Waals surface area contributed by atoms with Gasteiger partial charge in [0, 0.05) is 39.8 Å². The van der Waals surface area contributed by atoms with Crippen LogP contribution in [0.3, 0.4) is 0 Å². The molecule has 0 spiro atoms. The molecule has 1 aliphatic heterocycles. The molecule has 2 rings (SSSR count). The molecule has 1 aromatic heterocycles. The molecule has 13 heteroatoms. The third-order valence-electron chi connectivity index (χ3n) is 4.76. The number of aromatic nitrogens is 1. The number of carbonyl (C=O) groups excluding carboxylic acids is 5. The summed E-state index contributed by atoms with van der Waals surface area (Å²) >= 11 is 0. The maximum atomic E-state index is 12.7. The van der Waals surface area contributed by atoms with Gasteiger partial charge in [-0.1, -0.05) is 12.1 Å². The smallest absolute Gasteiger partial charge is 0.305 e. The molecule has 192 valence electrons. The third kappa shape index (κ3) is 8.49. The van der Waals surface area contributed by atoms with Crippen LogP contribution >= 0.6 is 0 Å². The first-order valence-electron chi connectivity index (χ1n) is 10.9. The maximum absolute atomic E-state index is 12.7. The summed E-state index contributed by atoms with van der Waals surface area (Å²) in [7, 11) is 5.66. The van der Waals surface area contributed by atoms with Gasteiger partial charge in [-0.05, 0) is 24.7 Å². The van der Waals surface area contributed by atoms with E-state index in [-0.39, 0.29) is 17.7 Å². The predicted molar refractivity (Wildman–Crippen MR) is 123 cm³/mol. The Morgan fingerprint density at radius 2 is 1.44 bits per heavy atom. The third-order valence-corrected chi connectivity index (χ3v) is 4.76.